The molecule has 1 saturated heterocycles. The molecule has 1 heterocycles. The number of nitrogens with one attached hydrogen (secondary N) is 1. The number of piperidine rings is 1. The van der Waals surface area contributed by atoms with Gasteiger partial charge >= 0.3 is 0 Å². The van der Waals surface area contributed by atoms with Crippen molar-refractivity contribution in [3.63, 3.8) is 0 Å². The standard InChI is InChI=1S/C18H27FN2/c1-20-12-14-8-9-17(19)16(11-14)13-21-10-4-6-15-5-2-3-7-18(15)21/h8-9,11,15,18,20H,2-7,10,12-13H2,1H3. The van der Waals surface area contributed by atoms with Crippen molar-refractivity contribution in [2.45, 2.75) is 57.7 Å². The molecule has 0 bridgehead atoms. The lowest BCUT2D eigenvalue weighted by Gasteiger charge is -2.44. The zero-order valence-electron chi connectivity index (χ0n) is 13.1. The molecule has 0 spiro atoms. The molecule has 0 amide bonds. The van der Waals surface area contributed by atoms with Crippen molar-refractivity contribution >= 4 is 0 Å². The van der Waals surface area contributed by atoms with Crippen LogP contribution in [0.1, 0.15) is 49.7 Å². The number of fused-ring (bicyclic) bond motifs is 1. The van der Waals surface area contributed by atoms with E-state index >= 15 is 0 Å². The van der Waals surface area contributed by atoms with E-state index in [1.54, 1.807) is 6.07 Å². The van der Waals surface area contributed by atoms with Crippen LogP contribution >= 0.6 is 0 Å². The number of halogens is 1. The number of benzene rings is 1. The van der Waals surface area contributed by atoms with Crippen molar-refractivity contribution < 1.29 is 4.39 Å². The zero-order valence-corrected chi connectivity index (χ0v) is 13.1. The Hall–Kier alpha value is -0.930. The fourth-order valence-electron chi connectivity index (χ4n) is 4.21. The van der Waals surface area contributed by atoms with Gasteiger partial charge in [-0.3, -0.25) is 4.90 Å². The van der Waals surface area contributed by atoms with Gasteiger partial charge in [-0.15, -0.1) is 0 Å². The van der Waals surface area contributed by atoms with Crippen molar-refractivity contribution in [2.75, 3.05) is 13.6 Å². The van der Waals surface area contributed by atoms with E-state index in [0.29, 0.717) is 6.04 Å². The maximum atomic E-state index is 14.1. The van der Waals surface area contributed by atoms with Gasteiger partial charge in [0.25, 0.3) is 0 Å². The molecule has 3 heteroatoms. The normalized spacial score (nSPS) is 26.6. The molecule has 1 saturated carbocycles. The predicted molar refractivity (Wildman–Crippen MR) is 84.6 cm³/mol. The fourth-order valence-corrected chi connectivity index (χ4v) is 4.21. The summed E-state index contributed by atoms with van der Waals surface area (Å²) in [6.45, 7) is 2.72. The second-order valence-corrected chi connectivity index (χ2v) is 6.68. The average Bonchev–Trinajstić information content (AvgIpc) is 2.51. The Morgan fingerprint density at radius 2 is 2.00 bits per heavy atom. The third kappa shape index (κ3) is 3.46. The first-order valence-corrected chi connectivity index (χ1v) is 8.44. The lowest BCUT2D eigenvalue weighted by Crippen LogP contribution is -2.46. The molecule has 2 atom stereocenters. The van der Waals surface area contributed by atoms with Crippen LogP contribution in [0.3, 0.4) is 0 Å². The molecule has 1 aliphatic heterocycles. The van der Waals surface area contributed by atoms with E-state index in [9.17, 15) is 4.39 Å². The van der Waals surface area contributed by atoms with Crippen LogP contribution < -0.4 is 5.32 Å². The fraction of sp³-hybridized carbons (Fsp3) is 0.667. The first kappa shape index (κ1) is 15.0. The molecule has 0 aromatic heterocycles. The Morgan fingerprint density at radius 1 is 1.19 bits per heavy atom. The van der Waals surface area contributed by atoms with E-state index in [0.717, 1.165) is 31.1 Å². The summed E-state index contributed by atoms with van der Waals surface area (Å²) in [5.74, 6) is 0.809. The Bertz CT molecular complexity index is 472. The molecule has 1 aromatic carbocycles. The van der Waals surface area contributed by atoms with E-state index in [-0.39, 0.29) is 5.82 Å². The van der Waals surface area contributed by atoms with Crippen LogP contribution in [-0.4, -0.2) is 24.5 Å². The number of rotatable bonds is 4. The Balaban J connectivity index is 1.74. The number of hydrogen-bond acceptors (Lipinski definition) is 2. The van der Waals surface area contributed by atoms with E-state index < -0.39 is 0 Å². The zero-order chi connectivity index (χ0) is 14.7. The van der Waals surface area contributed by atoms with Gasteiger partial charge in [0.2, 0.25) is 0 Å². The summed E-state index contributed by atoms with van der Waals surface area (Å²) in [6, 6.07) is 6.25. The summed E-state index contributed by atoms with van der Waals surface area (Å²) in [7, 11) is 1.93. The van der Waals surface area contributed by atoms with Gasteiger partial charge in [0.15, 0.2) is 0 Å². The minimum atomic E-state index is -0.0483. The number of nitrogens with zero attached hydrogens (tertiary/aromatic N) is 1. The Kier molecular flexibility index (Phi) is 4.91. The van der Waals surface area contributed by atoms with Gasteiger partial charge in [0.1, 0.15) is 5.82 Å². The van der Waals surface area contributed by atoms with Crippen LogP contribution in [0.15, 0.2) is 18.2 Å². The molecule has 1 aromatic rings. The lowest BCUT2D eigenvalue weighted by molar-refractivity contribution is 0.0538. The maximum Gasteiger partial charge on any atom is 0.127 e. The smallest absolute Gasteiger partial charge is 0.127 e. The molecular weight excluding hydrogens is 263 g/mol. The van der Waals surface area contributed by atoms with Gasteiger partial charge in [0, 0.05) is 24.7 Å². The van der Waals surface area contributed by atoms with Crippen LogP contribution in [0, 0.1) is 11.7 Å². The second-order valence-electron chi connectivity index (χ2n) is 6.68. The second kappa shape index (κ2) is 6.89. The highest BCUT2D eigenvalue weighted by molar-refractivity contribution is 5.25. The minimum absolute atomic E-state index is 0.0483. The predicted octanol–water partition coefficient (Wildman–Crippen LogP) is 3.70. The molecule has 21 heavy (non-hydrogen) atoms. The van der Waals surface area contributed by atoms with Gasteiger partial charge in [-0.25, -0.2) is 4.39 Å². The highest BCUT2D eigenvalue weighted by Crippen LogP contribution is 2.36. The SMILES string of the molecule is CNCc1ccc(F)c(CN2CCCC3CCCCC32)c1. The van der Waals surface area contributed by atoms with E-state index in [4.69, 9.17) is 0 Å². The van der Waals surface area contributed by atoms with Crippen molar-refractivity contribution in [3.05, 3.63) is 35.1 Å². The van der Waals surface area contributed by atoms with Gasteiger partial charge in [-0.05, 0) is 56.8 Å². The summed E-state index contributed by atoms with van der Waals surface area (Å²) in [5, 5.41) is 3.14. The van der Waals surface area contributed by atoms with Crippen LogP contribution in [0.5, 0.6) is 0 Å². The van der Waals surface area contributed by atoms with E-state index in [1.807, 2.05) is 19.2 Å². The Labute approximate surface area is 127 Å². The third-order valence-corrected chi connectivity index (χ3v) is 5.22. The summed E-state index contributed by atoms with van der Waals surface area (Å²) in [5.41, 5.74) is 2.04. The van der Waals surface area contributed by atoms with Gasteiger partial charge in [-0.1, -0.05) is 25.0 Å². The third-order valence-electron chi connectivity index (χ3n) is 5.22. The molecule has 2 aliphatic rings. The highest BCUT2D eigenvalue weighted by Gasteiger charge is 2.33. The Morgan fingerprint density at radius 3 is 2.86 bits per heavy atom. The molecular formula is C18H27FN2. The summed E-state index contributed by atoms with van der Waals surface area (Å²) in [6.07, 6.45) is 8.08. The van der Waals surface area contributed by atoms with Gasteiger partial charge < -0.3 is 5.32 Å². The largest absolute Gasteiger partial charge is 0.316 e. The molecule has 116 valence electrons. The maximum absolute atomic E-state index is 14.1. The van der Waals surface area contributed by atoms with Crippen LogP contribution in [0.4, 0.5) is 4.39 Å². The first-order valence-electron chi connectivity index (χ1n) is 8.44. The molecule has 3 rings (SSSR count). The lowest BCUT2D eigenvalue weighted by atomic mass is 9.78. The highest BCUT2D eigenvalue weighted by atomic mass is 19.1. The monoisotopic (exact) mass is 290 g/mol. The minimum Gasteiger partial charge on any atom is -0.316 e. The van der Waals surface area contributed by atoms with Crippen molar-refractivity contribution in [2.24, 2.45) is 5.92 Å². The van der Waals surface area contributed by atoms with E-state index in [2.05, 4.69) is 10.2 Å². The molecule has 2 unspecified atom stereocenters. The molecule has 2 nitrogen and oxygen atoms in total. The molecule has 2 fully saturated rings. The van der Waals surface area contributed by atoms with E-state index in [1.165, 1.54) is 44.1 Å². The topological polar surface area (TPSA) is 15.3 Å². The molecule has 1 N–H and O–H groups in total. The summed E-state index contributed by atoms with van der Waals surface area (Å²) < 4.78 is 14.1. The number of hydrogen-bond donors (Lipinski definition) is 1. The average molecular weight is 290 g/mol. The quantitative estimate of drug-likeness (QED) is 0.909. The molecule has 1 aliphatic carbocycles. The first-order chi connectivity index (χ1) is 10.3. The van der Waals surface area contributed by atoms with Crippen LogP contribution in [0.25, 0.3) is 0 Å². The molecule has 0 radical (unpaired) electrons. The van der Waals surface area contributed by atoms with Crippen molar-refractivity contribution in [1.29, 1.82) is 0 Å². The van der Waals surface area contributed by atoms with Gasteiger partial charge in [-0.2, -0.15) is 0 Å². The summed E-state index contributed by atoms with van der Waals surface area (Å²) >= 11 is 0. The van der Waals surface area contributed by atoms with Crippen molar-refractivity contribution in [1.82, 2.24) is 10.2 Å². The number of likely N-dealkylation sites (tertiary alicyclic amines) is 1. The van der Waals surface area contributed by atoms with Crippen LogP contribution in [0.2, 0.25) is 0 Å². The van der Waals surface area contributed by atoms with Crippen LogP contribution in [-0.2, 0) is 13.1 Å². The van der Waals surface area contributed by atoms with Crippen molar-refractivity contribution in [3.8, 4) is 0 Å². The summed E-state index contributed by atoms with van der Waals surface area (Å²) in [4.78, 5) is 2.55. The van der Waals surface area contributed by atoms with Gasteiger partial charge in [0.05, 0.1) is 0 Å².